The second-order valence-electron chi connectivity index (χ2n) is 4.32. The van der Waals surface area contributed by atoms with Crippen LogP contribution < -0.4 is 4.90 Å². The van der Waals surface area contributed by atoms with Crippen LogP contribution in [0.2, 0.25) is 0 Å². The fourth-order valence-electron chi connectivity index (χ4n) is 2.34. The molecule has 1 aliphatic rings. The third kappa shape index (κ3) is 2.37. The lowest BCUT2D eigenvalue weighted by Crippen LogP contribution is -2.40. The van der Waals surface area contributed by atoms with Crippen LogP contribution in [0, 0.1) is 17.6 Å². The highest BCUT2D eigenvalue weighted by atomic mass is 19.2. The molecule has 1 aromatic heterocycles. The molecule has 0 saturated carbocycles. The number of anilines is 1. The topological polar surface area (TPSA) is 16.1 Å². The molecule has 0 N–H and O–H groups in total. The molecule has 0 aromatic carbocycles. The molecule has 1 aliphatic heterocycles. The van der Waals surface area contributed by atoms with Crippen LogP contribution in [0.4, 0.5) is 19.0 Å². The van der Waals surface area contributed by atoms with E-state index in [-0.39, 0.29) is 11.9 Å². The van der Waals surface area contributed by atoms with Crippen molar-refractivity contribution in [1.29, 1.82) is 0 Å². The number of hydrogen-bond donors (Lipinski definition) is 0. The Labute approximate surface area is 98.5 Å². The Hall–Kier alpha value is -1.26. The number of nitrogens with zero attached hydrogens (tertiary/aromatic N) is 2. The molecule has 17 heavy (non-hydrogen) atoms. The van der Waals surface area contributed by atoms with Gasteiger partial charge in [-0.2, -0.15) is 9.37 Å². The largest absolute Gasteiger partial charge is 0.351 e. The van der Waals surface area contributed by atoms with Crippen LogP contribution in [0.15, 0.2) is 6.07 Å². The molecule has 1 aromatic rings. The van der Waals surface area contributed by atoms with E-state index < -0.39 is 17.6 Å². The zero-order valence-electron chi connectivity index (χ0n) is 9.72. The minimum atomic E-state index is -1.24. The lowest BCUT2D eigenvalue weighted by Gasteiger charge is -2.36. The Bertz CT molecular complexity index is 409. The quantitative estimate of drug-likeness (QED) is 0.742. The van der Waals surface area contributed by atoms with E-state index in [1.807, 2.05) is 6.92 Å². The van der Waals surface area contributed by atoms with Crippen LogP contribution in [0.25, 0.3) is 0 Å². The summed E-state index contributed by atoms with van der Waals surface area (Å²) < 4.78 is 39.5. The predicted octanol–water partition coefficient (Wildman–Crippen LogP) is 3.27. The third-order valence-corrected chi connectivity index (χ3v) is 3.24. The molecule has 94 valence electrons. The van der Waals surface area contributed by atoms with Crippen molar-refractivity contribution in [2.24, 2.45) is 0 Å². The molecule has 0 amide bonds. The van der Waals surface area contributed by atoms with Gasteiger partial charge in [0.2, 0.25) is 0 Å². The smallest absolute Gasteiger partial charge is 0.251 e. The summed E-state index contributed by atoms with van der Waals surface area (Å²) in [6, 6.07) is 0.731. The van der Waals surface area contributed by atoms with Crippen LogP contribution in [0.3, 0.4) is 0 Å². The summed E-state index contributed by atoms with van der Waals surface area (Å²) in [5.74, 6) is -3.32. The van der Waals surface area contributed by atoms with E-state index in [2.05, 4.69) is 4.98 Å². The number of pyridine rings is 1. The van der Waals surface area contributed by atoms with Gasteiger partial charge >= 0.3 is 0 Å². The highest BCUT2D eigenvalue weighted by molar-refractivity contribution is 5.41. The minimum Gasteiger partial charge on any atom is -0.351 e. The van der Waals surface area contributed by atoms with E-state index in [4.69, 9.17) is 0 Å². The van der Waals surface area contributed by atoms with Crippen molar-refractivity contribution in [3.63, 3.8) is 0 Å². The standard InChI is InChI=1S/C12H15F3N2/c1-2-8-5-3-4-6-17(8)12-10(14)7-9(13)11(15)16-12/h7-8H,2-6H2,1H3. The van der Waals surface area contributed by atoms with Gasteiger partial charge in [0.25, 0.3) is 5.95 Å². The second kappa shape index (κ2) is 4.94. The first-order chi connectivity index (χ1) is 8.13. The molecule has 1 unspecified atom stereocenters. The monoisotopic (exact) mass is 244 g/mol. The summed E-state index contributed by atoms with van der Waals surface area (Å²) in [5, 5.41) is 0. The summed E-state index contributed by atoms with van der Waals surface area (Å²) in [7, 11) is 0. The van der Waals surface area contributed by atoms with Crippen LogP contribution in [-0.4, -0.2) is 17.6 Å². The fraction of sp³-hybridized carbons (Fsp3) is 0.583. The van der Waals surface area contributed by atoms with Crippen molar-refractivity contribution in [3.05, 3.63) is 23.6 Å². The normalized spacial score (nSPS) is 20.7. The van der Waals surface area contributed by atoms with Gasteiger partial charge < -0.3 is 4.90 Å². The van der Waals surface area contributed by atoms with E-state index in [0.717, 1.165) is 25.7 Å². The van der Waals surface area contributed by atoms with E-state index in [1.54, 1.807) is 4.90 Å². The average molecular weight is 244 g/mol. The molecule has 1 saturated heterocycles. The van der Waals surface area contributed by atoms with Gasteiger partial charge in [0, 0.05) is 18.7 Å². The van der Waals surface area contributed by atoms with E-state index in [0.29, 0.717) is 12.6 Å². The molecular formula is C12H15F3N2. The lowest BCUT2D eigenvalue weighted by molar-refractivity contribution is 0.423. The van der Waals surface area contributed by atoms with Crippen LogP contribution in [0.5, 0.6) is 0 Å². The molecule has 1 atom stereocenters. The number of rotatable bonds is 2. The summed E-state index contributed by atoms with van der Waals surface area (Å²) in [6.07, 6.45) is 3.80. The Morgan fingerprint density at radius 3 is 2.76 bits per heavy atom. The maximum Gasteiger partial charge on any atom is 0.251 e. The SMILES string of the molecule is CCC1CCCCN1c1nc(F)c(F)cc1F. The van der Waals surface area contributed by atoms with Crippen molar-refractivity contribution >= 4 is 5.82 Å². The Balaban J connectivity index is 2.34. The number of aromatic nitrogens is 1. The maximum absolute atomic E-state index is 13.6. The van der Waals surface area contributed by atoms with Gasteiger partial charge in [-0.15, -0.1) is 0 Å². The molecule has 0 bridgehead atoms. The second-order valence-corrected chi connectivity index (χ2v) is 4.32. The zero-order chi connectivity index (χ0) is 12.4. The predicted molar refractivity (Wildman–Crippen MR) is 59.4 cm³/mol. The molecule has 2 heterocycles. The van der Waals surface area contributed by atoms with E-state index >= 15 is 0 Å². The highest BCUT2D eigenvalue weighted by Gasteiger charge is 2.25. The van der Waals surface area contributed by atoms with Gasteiger partial charge in [0.15, 0.2) is 17.5 Å². The molecule has 0 spiro atoms. The van der Waals surface area contributed by atoms with Crippen LogP contribution in [0.1, 0.15) is 32.6 Å². The number of hydrogen-bond acceptors (Lipinski definition) is 2. The minimum absolute atomic E-state index is 0.0598. The molecule has 0 aliphatic carbocycles. The first kappa shape index (κ1) is 12.2. The van der Waals surface area contributed by atoms with Gasteiger partial charge in [-0.05, 0) is 25.7 Å². The van der Waals surface area contributed by atoms with Crippen molar-refractivity contribution in [2.45, 2.75) is 38.6 Å². The summed E-state index contributed by atoms with van der Waals surface area (Å²) in [5.41, 5.74) is 0. The molecule has 1 fully saturated rings. The molecular weight excluding hydrogens is 229 g/mol. The van der Waals surface area contributed by atoms with Crippen LogP contribution >= 0.6 is 0 Å². The van der Waals surface area contributed by atoms with Crippen LogP contribution in [-0.2, 0) is 0 Å². The summed E-state index contributed by atoms with van der Waals surface area (Å²) in [4.78, 5) is 5.15. The summed E-state index contributed by atoms with van der Waals surface area (Å²) >= 11 is 0. The number of halogens is 3. The Morgan fingerprint density at radius 2 is 2.06 bits per heavy atom. The summed E-state index contributed by atoms with van der Waals surface area (Å²) in [6.45, 7) is 2.65. The molecule has 0 radical (unpaired) electrons. The first-order valence-corrected chi connectivity index (χ1v) is 5.91. The van der Waals surface area contributed by atoms with Gasteiger partial charge in [-0.1, -0.05) is 6.92 Å². The van der Waals surface area contributed by atoms with Gasteiger partial charge in [0.1, 0.15) is 0 Å². The fourth-order valence-corrected chi connectivity index (χ4v) is 2.34. The first-order valence-electron chi connectivity index (χ1n) is 5.91. The van der Waals surface area contributed by atoms with Crippen molar-refractivity contribution < 1.29 is 13.2 Å². The highest BCUT2D eigenvalue weighted by Crippen LogP contribution is 2.27. The molecule has 2 rings (SSSR count). The lowest BCUT2D eigenvalue weighted by atomic mass is 10.00. The van der Waals surface area contributed by atoms with Crippen molar-refractivity contribution in [1.82, 2.24) is 4.98 Å². The number of piperidine rings is 1. The van der Waals surface area contributed by atoms with Gasteiger partial charge in [-0.25, -0.2) is 8.78 Å². The third-order valence-electron chi connectivity index (χ3n) is 3.24. The van der Waals surface area contributed by atoms with E-state index in [1.165, 1.54) is 0 Å². The Kier molecular flexibility index (Phi) is 3.54. The van der Waals surface area contributed by atoms with Crippen molar-refractivity contribution in [2.75, 3.05) is 11.4 Å². The molecule has 5 heteroatoms. The molecule has 2 nitrogen and oxygen atoms in total. The van der Waals surface area contributed by atoms with E-state index in [9.17, 15) is 13.2 Å². The zero-order valence-corrected chi connectivity index (χ0v) is 9.72. The average Bonchev–Trinajstić information content (AvgIpc) is 2.34. The Morgan fingerprint density at radius 1 is 1.29 bits per heavy atom. The van der Waals surface area contributed by atoms with Gasteiger partial charge in [-0.3, -0.25) is 0 Å². The van der Waals surface area contributed by atoms with Crippen molar-refractivity contribution in [3.8, 4) is 0 Å². The van der Waals surface area contributed by atoms with Gasteiger partial charge in [0.05, 0.1) is 0 Å². The maximum atomic E-state index is 13.6.